The molecule has 0 amide bonds. The Hall–Kier alpha value is -1.70. The molecule has 0 bridgehead atoms. The van der Waals surface area contributed by atoms with Crippen molar-refractivity contribution in [3.8, 4) is 11.8 Å². The predicted octanol–water partition coefficient (Wildman–Crippen LogP) is 3.90. The fourth-order valence-corrected chi connectivity index (χ4v) is 1.69. The zero-order valence-electron chi connectivity index (χ0n) is 10.3. The number of ether oxygens (including phenoxy) is 1. The Morgan fingerprint density at radius 3 is 2.22 bits per heavy atom. The monoisotopic (exact) mass is 257 g/mol. The van der Waals surface area contributed by atoms with Gasteiger partial charge in [0.05, 0.1) is 18.2 Å². The average molecular weight is 257 g/mol. The Morgan fingerprint density at radius 1 is 1.22 bits per heavy atom. The minimum atomic E-state index is -4.14. The van der Waals surface area contributed by atoms with Crippen molar-refractivity contribution in [2.75, 3.05) is 6.61 Å². The highest BCUT2D eigenvalue weighted by Crippen LogP contribution is 2.26. The van der Waals surface area contributed by atoms with E-state index in [0.29, 0.717) is 11.3 Å². The van der Waals surface area contributed by atoms with Gasteiger partial charge in [-0.15, -0.1) is 0 Å². The van der Waals surface area contributed by atoms with Gasteiger partial charge in [0.25, 0.3) is 0 Å². The van der Waals surface area contributed by atoms with Gasteiger partial charge in [0.1, 0.15) is 5.75 Å². The molecule has 18 heavy (non-hydrogen) atoms. The van der Waals surface area contributed by atoms with Crippen LogP contribution in [0.3, 0.4) is 0 Å². The summed E-state index contributed by atoms with van der Waals surface area (Å²) in [6.07, 6.45) is -5.05. The summed E-state index contributed by atoms with van der Waals surface area (Å²) in [6, 6.07) is 5.34. The van der Waals surface area contributed by atoms with Gasteiger partial charge in [-0.2, -0.15) is 18.4 Å². The molecule has 0 radical (unpaired) electrons. The second-order valence-electron chi connectivity index (χ2n) is 4.12. The first-order valence-electron chi connectivity index (χ1n) is 5.54. The molecule has 1 aromatic carbocycles. The van der Waals surface area contributed by atoms with Crippen molar-refractivity contribution < 1.29 is 17.9 Å². The van der Waals surface area contributed by atoms with Crippen LogP contribution in [-0.4, -0.2) is 12.8 Å². The molecule has 5 heteroatoms. The minimum Gasteiger partial charge on any atom is -0.493 e. The van der Waals surface area contributed by atoms with E-state index in [1.165, 1.54) is 0 Å². The number of alkyl halides is 3. The second kappa shape index (κ2) is 5.76. The SMILES string of the molecule is Cc1cc(C#N)cc(C)c1OCCCC(F)(F)F. The van der Waals surface area contributed by atoms with E-state index in [1.807, 2.05) is 6.07 Å². The zero-order valence-corrected chi connectivity index (χ0v) is 10.3. The van der Waals surface area contributed by atoms with Crippen LogP contribution < -0.4 is 4.74 Å². The van der Waals surface area contributed by atoms with Gasteiger partial charge in [-0.1, -0.05) is 0 Å². The lowest BCUT2D eigenvalue weighted by molar-refractivity contribution is -0.136. The number of hydrogen-bond donors (Lipinski definition) is 0. The Labute approximate surface area is 104 Å². The van der Waals surface area contributed by atoms with Gasteiger partial charge in [0.15, 0.2) is 0 Å². The molecule has 0 heterocycles. The lowest BCUT2D eigenvalue weighted by atomic mass is 10.1. The van der Waals surface area contributed by atoms with E-state index in [9.17, 15) is 13.2 Å². The Bertz CT molecular complexity index is 437. The summed E-state index contributed by atoms with van der Waals surface area (Å²) in [5.74, 6) is 0.566. The van der Waals surface area contributed by atoms with Gasteiger partial charge in [0, 0.05) is 6.42 Å². The second-order valence-corrected chi connectivity index (χ2v) is 4.12. The third-order valence-corrected chi connectivity index (χ3v) is 2.44. The molecular formula is C13H14F3NO. The number of nitriles is 1. The van der Waals surface area contributed by atoms with Crippen LogP contribution in [-0.2, 0) is 0 Å². The van der Waals surface area contributed by atoms with Gasteiger partial charge in [0.2, 0.25) is 0 Å². The maximum Gasteiger partial charge on any atom is 0.389 e. The molecule has 0 fully saturated rings. The normalized spacial score (nSPS) is 11.1. The largest absolute Gasteiger partial charge is 0.493 e. The van der Waals surface area contributed by atoms with E-state index in [-0.39, 0.29) is 13.0 Å². The molecular weight excluding hydrogens is 243 g/mol. The van der Waals surface area contributed by atoms with Gasteiger partial charge < -0.3 is 4.74 Å². The van der Waals surface area contributed by atoms with Gasteiger partial charge in [-0.05, 0) is 43.5 Å². The van der Waals surface area contributed by atoms with Gasteiger partial charge >= 0.3 is 6.18 Å². The molecule has 0 atom stereocenters. The lowest BCUT2D eigenvalue weighted by Gasteiger charge is -2.13. The van der Waals surface area contributed by atoms with E-state index < -0.39 is 12.6 Å². The Kier molecular flexibility index (Phi) is 4.60. The van der Waals surface area contributed by atoms with Crippen molar-refractivity contribution in [1.29, 1.82) is 5.26 Å². The van der Waals surface area contributed by atoms with Crippen molar-refractivity contribution in [3.05, 3.63) is 28.8 Å². The number of benzene rings is 1. The maximum absolute atomic E-state index is 11.9. The summed E-state index contributed by atoms with van der Waals surface area (Å²) in [5.41, 5.74) is 2.05. The van der Waals surface area contributed by atoms with Crippen LogP contribution in [0.15, 0.2) is 12.1 Å². The summed E-state index contributed by atoms with van der Waals surface area (Å²) < 4.78 is 41.2. The fourth-order valence-electron chi connectivity index (χ4n) is 1.69. The van der Waals surface area contributed by atoms with Gasteiger partial charge in [-0.25, -0.2) is 0 Å². The molecule has 0 aromatic heterocycles. The summed E-state index contributed by atoms with van der Waals surface area (Å²) in [6.45, 7) is 3.56. The number of hydrogen-bond acceptors (Lipinski definition) is 2. The standard InChI is InChI=1S/C13H14F3NO/c1-9-6-11(8-17)7-10(2)12(9)18-5-3-4-13(14,15)16/h6-7H,3-5H2,1-2H3. The maximum atomic E-state index is 11.9. The van der Waals surface area contributed by atoms with Crippen LogP contribution in [0.2, 0.25) is 0 Å². The number of halogens is 3. The highest BCUT2D eigenvalue weighted by Gasteiger charge is 2.26. The average Bonchev–Trinajstić information content (AvgIpc) is 2.25. The van der Waals surface area contributed by atoms with Crippen LogP contribution in [0.25, 0.3) is 0 Å². The number of nitrogens with zero attached hydrogens (tertiary/aromatic N) is 1. The summed E-state index contributed by atoms with van der Waals surface area (Å²) in [7, 11) is 0. The molecule has 0 unspecified atom stereocenters. The molecule has 1 rings (SSSR count). The molecule has 2 nitrogen and oxygen atoms in total. The Balaban J connectivity index is 2.61. The van der Waals surface area contributed by atoms with E-state index in [2.05, 4.69) is 0 Å². The van der Waals surface area contributed by atoms with Crippen LogP contribution in [0.1, 0.15) is 29.5 Å². The number of aryl methyl sites for hydroxylation is 2. The first-order valence-corrected chi connectivity index (χ1v) is 5.54. The highest BCUT2D eigenvalue weighted by atomic mass is 19.4. The molecule has 0 aliphatic heterocycles. The third kappa shape index (κ3) is 4.28. The topological polar surface area (TPSA) is 33.0 Å². The first kappa shape index (κ1) is 14.4. The minimum absolute atomic E-state index is 0.0209. The quantitative estimate of drug-likeness (QED) is 0.766. The predicted molar refractivity (Wildman–Crippen MR) is 61.4 cm³/mol. The lowest BCUT2D eigenvalue weighted by Crippen LogP contribution is -2.10. The van der Waals surface area contributed by atoms with Crippen molar-refractivity contribution in [2.24, 2.45) is 0 Å². The fraction of sp³-hybridized carbons (Fsp3) is 0.462. The molecule has 0 aliphatic rings. The van der Waals surface area contributed by atoms with Gasteiger partial charge in [-0.3, -0.25) is 0 Å². The summed E-state index contributed by atoms with van der Waals surface area (Å²) in [5, 5.41) is 8.77. The van der Waals surface area contributed by atoms with E-state index in [4.69, 9.17) is 10.00 Å². The molecule has 0 spiro atoms. The third-order valence-electron chi connectivity index (χ3n) is 2.44. The van der Waals surface area contributed by atoms with Crippen LogP contribution in [0, 0.1) is 25.2 Å². The first-order chi connectivity index (χ1) is 8.33. The van der Waals surface area contributed by atoms with E-state index in [0.717, 1.165) is 11.1 Å². The van der Waals surface area contributed by atoms with E-state index >= 15 is 0 Å². The van der Waals surface area contributed by atoms with Crippen molar-refractivity contribution in [3.63, 3.8) is 0 Å². The molecule has 0 saturated carbocycles. The molecule has 1 aromatic rings. The van der Waals surface area contributed by atoms with Crippen molar-refractivity contribution in [1.82, 2.24) is 0 Å². The molecule has 0 N–H and O–H groups in total. The summed E-state index contributed by atoms with van der Waals surface area (Å²) in [4.78, 5) is 0. The van der Waals surface area contributed by atoms with Crippen molar-refractivity contribution in [2.45, 2.75) is 32.9 Å². The van der Waals surface area contributed by atoms with Crippen LogP contribution in [0.5, 0.6) is 5.75 Å². The molecule has 0 saturated heterocycles. The van der Waals surface area contributed by atoms with Crippen LogP contribution >= 0.6 is 0 Å². The smallest absolute Gasteiger partial charge is 0.389 e. The van der Waals surface area contributed by atoms with Crippen molar-refractivity contribution >= 4 is 0 Å². The molecule has 0 aliphatic carbocycles. The highest BCUT2D eigenvalue weighted by molar-refractivity contribution is 5.47. The number of rotatable bonds is 4. The van der Waals surface area contributed by atoms with Crippen LogP contribution in [0.4, 0.5) is 13.2 Å². The summed E-state index contributed by atoms with van der Waals surface area (Å²) >= 11 is 0. The van der Waals surface area contributed by atoms with E-state index in [1.54, 1.807) is 26.0 Å². The zero-order chi connectivity index (χ0) is 13.8. The Morgan fingerprint density at radius 2 is 1.78 bits per heavy atom. The molecule has 98 valence electrons.